The number of halogens is 1. The van der Waals surface area contributed by atoms with Crippen LogP contribution in [0.25, 0.3) is 0 Å². The van der Waals surface area contributed by atoms with Crippen molar-refractivity contribution in [2.24, 2.45) is 0 Å². The van der Waals surface area contributed by atoms with Gasteiger partial charge in [0.15, 0.2) is 6.29 Å². The van der Waals surface area contributed by atoms with Gasteiger partial charge < -0.3 is 9.47 Å². The van der Waals surface area contributed by atoms with Crippen LogP contribution < -0.4 is 0 Å². The Morgan fingerprint density at radius 1 is 1.00 bits per heavy atom. The van der Waals surface area contributed by atoms with Gasteiger partial charge in [0.1, 0.15) is 0 Å². The van der Waals surface area contributed by atoms with Gasteiger partial charge in [0, 0.05) is 19.1 Å². The lowest BCUT2D eigenvalue weighted by Gasteiger charge is -2.16. The summed E-state index contributed by atoms with van der Waals surface area (Å²) in [5.41, 5.74) is 0. The lowest BCUT2D eigenvalue weighted by Crippen LogP contribution is -2.17. The molecule has 0 unspecified atom stereocenters. The molecule has 0 fully saturated rings. The van der Waals surface area contributed by atoms with Crippen LogP contribution in [0.1, 0.15) is 46.0 Å². The molecule has 0 saturated carbocycles. The molecule has 0 heterocycles. The molecule has 0 atom stereocenters. The van der Waals surface area contributed by atoms with E-state index in [-0.39, 0.29) is 6.29 Å². The number of hydrogen-bond donors (Lipinski definition) is 0. The van der Waals surface area contributed by atoms with Crippen LogP contribution >= 0.6 is 11.6 Å². The summed E-state index contributed by atoms with van der Waals surface area (Å²) in [5.74, 6) is 0.716. The van der Waals surface area contributed by atoms with E-state index in [4.69, 9.17) is 21.1 Å². The van der Waals surface area contributed by atoms with Crippen LogP contribution in [0, 0.1) is 0 Å². The van der Waals surface area contributed by atoms with E-state index in [1.807, 2.05) is 13.8 Å². The van der Waals surface area contributed by atoms with Crippen LogP contribution in [-0.4, -0.2) is 25.4 Å². The van der Waals surface area contributed by atoms with Gasteiger partial charge in [-0.2, -0.15) is 0 Å². The molecule has 0 aromatic heterocycles. The maximum Gasteiger partial charge on any atom is 0.157 e. The van der Waals surface area contributed by atoms with Crippen molar-refractivity contribution in [1.82, 2.24) is 0 Å². The summed E-state index contributed by atoms with van der Waals surface area (Å²) in [4.78, 5) is 0. The van der Waals surface area contributed by atoms with Crippen molar-refractivity contribution in [2.45, 2.75) is 52.2 Å². The average Bonchev–Trinajstić information content (AvgIpc) is 2.28. The van der Waals surface area contributed by atoms with Gasteiger partial charge in [0.2, 0.25) is 0 Å². The first-order valence-electron chi connectivity index (χ1n) is 6.29. The Bertz CT molecular complexity index is 154. The predicted molar refractivity (Wildman–Crippen MR) is 70.0 cm³/mol. The second kappa shape index (κ2) is 13.0. The van der Waals surface area contributed by atoms with E-state index in [9.17, 15) is 0 Å². The Morgan fingerprint density at radius 3 is 2.19 bits per heavy atom. The van der Waals surface area contributed by atoms with Gasteiger partial charge in [-0.1, -0.05) is 12.2 Å². The second-order valence-corrected chi connectivity index (χ2v) is 3.95. The molecule has 0 aliphatic rings. The third-order valence-corrected chi connectivity index (χ3v) is 2.43. The normalized spacial score (nSPS) is 11.8. The van der Waals surface area contributed by atoms with Crippen LogP contribution in [0.2, 0.25) is 0 Å². The van der Waals surface area contributed by atoms with E-state index >= 15 is 0 Å². The van der Waals surface area contributed by atoms with E-state index in [2.05, 4.69) is 12.2 Å². The number of hydrogen-bond acceptors (Lipinski definition) is 2. The van der Waals surface area contributed by atoms with Crippen molar-refractivity contribution in [1.29, 1.82) is 0 Å². The first-order chi connectivity index (χ1) is 7.85. The first kappa shape index (κ1) is 16.0. The highest BCUT2D eigenvalue weighted by Gasteiger charge is 2.06. The molecular formula is C13H25ClO2. The fourth-order valence-electron chi connectivity index (χ4n) is 1.46. The molecule has 0 aromatic carbocycles. The first-order valence-corrected chi connectivity index (χ1v) is 6.82. The van der Waals surface area contributed by atoms with Crippen LogP contribution in [0.3, 0.4) is 0 Å². The number of unbranched alkanes of at least 4 members (excludes halogenated alkanes) is 2. The molecule has 0 spiro atoms. The van der Waals surface area contributed by atoms with Gasteiger partial charge in [0.05, 0.1) is 0 Å². The Balaban J connectivity index is 3.39. The third-order valence-electron chi connectivity index (χ3n) is 2.21. The van der Waals surface area contributed by atoms with Crippen molar-refractivity contribution in [2.75, 3.05) is 19.1 Å². The van der Waals surface area contributed by atoms with Gasteiger partial charge >= 0.3 is 0 Å². The third kappa shape index (κ3) is 10.5. The van der Waals surface area contributed by atoms with Crippen LogP contribution in [0.15, 0.2) is 12.2 Å². The average molecular weight is 249 g/mol. The van der Waals surface area contributed by atoms with Crippen LogP contribution in [-0.2, 0) is 9.47 Å². The number of allylic oxidation sites excluding steroid dienone is 2. The topological polar surface area (TPSA) is 18.5 Å². The van der Waals surface area contributed by atoms with E-state index in [1.54, 1.807) is 0 Å². The maximum atomic E-state index is 5.57. The zero-order valence-electron chi connectivity index (χ0n) is 10.6. The molecule has 0 N–H and O–H groups in total. The molecule has 0 radical (unpaired) electrons. The van der Waals surface area contributed by atoms with Gasteiger partial charge in [0.25, 0.3) is 0 Å². The highest BCUT2D eigenvalue weighted by molar-refractivity contribution is 6.17. The van der Waals surface area contributed by atoms with Crippen LogP contribution in [0.4, 0.5) is 0 Å². The second-order valence-electron chi connectivity index (χ2n) is 3.57. The minimum Gasteiger partial charge on any atom is -0.353 e. The smallest absolute Gasteiger partial charge is 0.157 e. The van der Waals surface area contributed by atoms with Crippen molar-refractivity contribution in [3.05, 3.63) is 12.2 Å². The Morgan fingerprint density at radius 2 is 1.62 bits per heavy atom. The summed E-state index contributed by atoms with van der Waals surface area (Å²) in [5, 5.41) is 0. The summed E-state index contributed by atoms with van der Waals surface area (Å²) in [6.07, 6.45) is 9.77. The number of ether oxygens (including phenoxy) is 2. The van der Waals surface area contributed by atoms with Gasteiger partial charge in [-0.25, -0.2) is 0 Å². The predicted octanol–water partition coefficient (Wildman–Crippen LogP) is 4.13. The Kier molecular flexibility index (Phi) is 13.0. The summed E-state index contributed by atoms with van der Waals surface area (Å²) in [6.45, 7) is 5.45. The molecule has 0 rings (SSSR count). The van der Waals surface area contributed by atoms with E-state index in [0.717, 1.165) is 38.9 Å². The highest BCUT2D eigenvalue weighted by atomic mass is 35.5. The van der Waals surface area contributed by atoms with Gasteiger partial charge in [-0.05, 0) is 46.0 Å². The van der Waals surface area contributed by atoms with E-state index in [1.165, 1.54) is 6.42 Å². The largest absolute Gasteiger partial charge is 0.353 e. The highest BCUT2D eigenvalue weighted by Crippen LogP contribution is 2.09. The molecule has 0 bridgehead atoms. The monoisotopic (exact) mass is 248 g/mol. The Labute approximate surface area is 105 Å². The Hall–Kier alpha value is -0.0500. The fraction of sp³-hybridized carbons (Fsp3) is 0.846. The molecule has 0 amide bonds. The van der Waals surface area contributed by atoms with Crippen molar-refractivity contribution >= 4 is 11.6 Å². The van der Waals surface area contributed by atoms with Crippen molar-refractivity contribution < 1.29 is 9.47 Å². The molecule has 96 valence electrons. The minimum atomic E-state index is -0.0122. The van der Waals surface area contributed by atoms with E-state index in [0.29, 0.717) is 5.88 Å². The minimum absolute atomic E-state index is 0.0122. The van der Waals surface area contributed by atoms with Crippen LogP contribution in [0.5, 0.6) is 0 Å². The quantitative estimate of drug-likeness (QED) is 0.237. The van der Waals surface area contributed by atoms with Gasteiger partial charge in [-0.15, -0.1) is 11.6 Å². The van der Waals surface area contributed by atoms with Crippen molar-refractivity contribution in [3.8, 4) is 0 Å². The number of rotatable bonds is 11. The molecule has 16 heavy (non-hydrogen) atoms. The van der Waals surface area contributed by atoms with Crippen molar-refractivity contribution in [3.63, 3.8) is 0 Å². The molecule has 0 aliphatic heterocycles. The summed E-state index contributed by atoms with van der Waals surface area (Å²) in [6, 6.07) is 0. The molecular weight excluding hydrogens is 224 g/mol. The molecule has 0 aliphatic carbocycles. The summed E-state index contributed by atoms with van der Waals surface area (Å²) >= 11 is 5.57. The number of alkyl halides is 1. The fourth-order valence-corrected chi connectivity index (χ4v) is 1.58. The SMILES string of the molecule is CCOC(CCCC/C=C\CCCl)OCC. The summed E-state index contributed by atoms with van der Waals surface area (Å²) < 4.78 is 10.9. The lowest BCUT2D eigenvalue weighted by molar-refractivity contribution is -0.140. The van der Waals surface area contributed by atoms with E-state index < -0.39 is 0 Å². The molecule has 2 nitrogen and oxygen atoms in total. The standard InChI is InChI=1S/C13H25ClO2/c1-3-15-13(16-4-2)11-9-7-5-6-8-10-12-14/h6,8,13H,3-5,7,9-12H2,1-2H3/b8-6-. The van der Waals surface area contributed by atoms with Gasteiger partial charge in [-0.3, -0.25) is 0 Å². The zero-order chi connectivity index (χ0) is 12.1. The zero-order valence-corrected chi connectivity index (χ0v) is 11.3. The molecule has 0 saturated heterocycles. The maximum absolute atomic E-state index is 5.57. The lowest BCUT2D eigenvalue weighted by atomic mass is 10.2. The molecule has 3 heteroatoms. The summed E-state index contributed by atoms with van der Waals surface area (Å²) in [7, 11) is 0. The molecule has 0 aromatic rings.